The molecule has 0 aliphatic carbocycles. The van der Waals surface area contributed by atoms with E-state index < -0.39 is 24.1 Å². The van der Waals surface area contributed by atoms with Crippen LogP contribution in [0.2, 0.25) is 0 Å². The summed E-state index contributed by atoms with van der Waals surface area (Å²) in [6.45, 7) is 2.33. The van der Waals surface area contributed by atoms with E-state index in [0.29, 0.717) is 0 Å². The van der Waals surface area contributed by atoms with Gasteiger partial charge in [-0.1, -0.05) is 6.07 Å². The number of alkyl halides is 3. The lowest BCUT2D eigenvalue weighted by Crippen LogP contribution is -2.31. The third kappa shape index (κ3) is 3.33. The Labute approximate surface area is 96.4 Å². The zero-order valence-electron chi connectivity index (χ0n) is 9.38. The lowest BCUT2D eigenvalue weighted by Gasteiger charge is -2.21. The lowest BCUT2D eigenvalue weighted by atomic mass is 10.1. The molecule has 1 rings (SSSR count). The highest BCUT2D eigenvalue weighted by Gasteiger charge is 2.38. The van der Waals surface area contributed by atoms with E-state index in [4.69, 9.17) is 10.5 Å². The van der Waals surface area contributed by atoms with E-state index in [1.165, 1.54) is 19.1 Å². The summed E-state index contributed by atoms with van der Waals surface area (Å²) in [5.74, 6) is -0.850. The van der Waals surface area contributed by atoms with Gasteiger partial charge in [-0.25, -0.2) is 4.39 Å². The van der Waals surface area contributed by atoms with Crippen LogP contribution in [0.1, 0.15) is 25.5 Å². The summed E-state index contributed by atoms with van der Waals surface area (Å²) in [6.07, 6.45) is -6.51. The fourth-order valence-electron chi connectivity index (χ4n) is 1.32. The van der Waals surface area contributed by atoms with Gasteiger partial charge in [0, 0.05) is 11.6 Å². The average molecular weight is 251 g/mol. The monoisotopic (exact) mass is 251 g/mol. The van der Waals surface area contributed by atoms with Crippen molar-refractivity contribution >= 4 is 0 Å². The first kappa shape index (κ1) is 13.8. The second-order valence-corrected chi connectivity index (χ2v) is 3.74. The molecular formula is C11H13F4NO. The van der Waals surface area contributed by atoms with E-state index in [2.05, 4.69) is 0 Å². The van der Waals surface area contributed by atoms with Crippen molar-refractivity contribution < 1.29 is 22.3 Å². The standard InChI is InChI=1S/C11H13F4NO/c1-6(16)10-8(12)4-3-5-9(10)17-7(2)11(13,14)15/h3-7H,16H2,1-2H3/t6-,7?/m1/s1. The molecule has 96 valence electrons. The smallest absolute Gasteiger partial charge is 0.425 e. The molecule has 0 aromatic heterocycles. The number of ether oxygens (including phenoxy) is 1. The average Bonchev–Trinajstić information content (AvgIpc) is 2.15. The molecule has 0 heterocycles. The summed E-state index contributed by atoms with van der Waals surface area (Å²) in [5, 5.41) is 0. The summed E-state index contributed by atoms with van der Waals surface area (Å²) in [4.78, 5) is 0. The van der Waals surface area contributed by atoms with Crippen LogP contribution in [0.15, 0.2) is 18.2 Å². The Balaban J connectivity index is 3.03. The van der Waals surface area contributed by atoms with Gasteiger partial charge in [-0.2, -0.15) is 13.2 Å². The largest absolute Gasteiger partial charge is 0.481 e. The molecule has 6 heteroatoms. The number of rotatable bonds is 3. The summed E-state index contributed by atoms with van der Waals surface area (Å²) in [5.41, 5.74) is 5.45. The molecule has 0 fully saturated rings. The zero-order valence-corrected chi connectivity index (χ0v) is 9.38. The third-order valence-electron chi connectivity index (χ3n) is 2.23. The summed E-state index contributed by atoms with van der Waals surface area (Å²) < 4.78 is 55.1. The van der Waals surface area contributed by atoms with Crippen molar-refractivity contribution in [2.75, 3.05) is 0 Å². The summed E-state index contributed by atoms with van der Waals surface area (Å²) in [6, 6.07) is 2.93. The topological polar surface area (TPSA) is 35.2 Å². The predicted molar refractivity (Wildman–Crippen MR) is 55.1 cm³/mol. The molecule has 2 nitrogen and oxygen atoms in total. The van der Waals surface area contributed by atoms with Gasteiger partial charge in [0.2, 0.25) is 0 Å². The van der Waals surface area contributed by atoms with Gasteiger partial charge in [0.05, 0.1) is 0 Å². The van der Waals surface area contributed by atoms with Crippen molar-refractivity contribution in [3.8, 4) is 5.75 Å². The molecule has 1 aromatic rings. The molecule has 0 aliphatic rings. The molecule has 2 atom stereocenters. The van der Waals surface area contributed by atoms with Gasteiger partial charge in [-0.3, -0.25) is 0 Å². The summed E-state index contributed by atoms with van der Waals surface area (Å²) in [7, 11) is 0. The SMILES string of the molecule is CC(Oc1cccc(F)c1[C@@H](C)N)C(F)(F)F. The number of halogens is 4. The van der Waals surface area contributed by atoms with Crippen LogP contribution in [-0.2, 0) is 0 Å². The number of nitrogens with two attached hydrogens (primary N) is 1. The Morgan fingerprint density at radius 1 is 1.24 bits per heavy atom. The Hall–Kier alpha value is -1.30. The van der Waals surface area contributed by atoms with E-state index in [9.17, 15) is 17.6 Å². The molecule has 0 saturated carbocycles. The Morgan fingerprint density at radius 3 is 2.29 bits per heavy atom. The molecule has 0 saturated heterocycles. The van der Waals surface area contributed by atoms with E-state index in [0.717, 1.165) is 13.0 Å². The van der Waals surface area contributed by atoms with E-state index in [-0.39, 0.29) is 11.3 Å². The molecular weight excluding hydrogens is 238 g/mol. The highest BCUT2D eigenvalue weighted by molar-refractivity contribution is 5.37. The van der Waals surface area contributed by atoms with Crippen LogP contribution in [0.25, 0.3) is 0 Å². The number of hydrogen-bond acceptors (Lipinski definition) is 2. The molecule has 1 aromatic carbocycles. The lowest BCUT2D eigenvalue weighted by molar-refractivity contribution is -0.189. The predicted octanol–water partition coefficient (Wildman–Crippen LogP) is 3.18. The number of hydrogen-bond donors (Lipinski definition) is 1. The molecule has 2 N–H and O–H groups in total. The highest BCUT2D eigenvalue weighted by Crippen LogP contribution is 2.30. The highest BCUT2D eigenvalue weighted by atomic mass is 19.4. The maximum Gasteiger partial charge on any atom is 0.425 e. The van der Waals surface area contributed by atoms with Gasteiger partial charge in [0.1, 0.15) is 11.6 Å². The van der Waals surface area contributed by atoms with Gasteiger partial charge < -0.3 is 10.5 Å². The van der Waals surface area contributed by atoms with Crippen LogP contribution in [-0.4, -0.2) is 12.3 Å². The van der Waals surface area contributed by atoms with Gasteiger partial charge >= 0.3 is 6.18 Å². The van der Waals surface area contributed by atoms with Crippen LogP contribution in [0.4, 0.5) is 17.6 Å². The third-order valence-corrected chi connectivity index (χ3v) is 2.23. The van der Waals surface area contributed by atoms with Crippen LogP contribution >= 0.6 is 0 Å². The second kappa shape index (κ2) is 4.91. The first-order valence-corrected chi connectivity index (χ1v) is 5.01. The minimum absolute atomic E-state index is 0.0522. The normalized spacial score (nSPS) is 15.5. The molecule has 0 amide bonds. The Morgan fingerprint density at radius 2 is 1.82 bits per heavy atom. The van der Waals surface area contributed by atoms with Crippen molar-refractivity contribution in [1.29, 1.82) is 0 Å². The van der Waals surface area contributed by atoms with Crippen LogP contribution < -0.4 is 10.5 Å². The molecule has 17 heavy (non-hydrogen) atoms. The Bertz CT molecular complexity index is 390. The van der Waals surface area contributed by atoms with Crippen molar-refractivity contribution in [2.24, 2.45) is 5.73 Å². The minimum atomic E-state index is -4.50. The molecule has 0 aliphatic heterocycles. The molecule has 1 unspecified atom stereocenters. The fraction of sp³-hybridized carbons (Fsp3) is 0.455. The quantitative estimate of drug-likeness (QED) is 0.837. The van der Waals surface area contributed by atoms with Gasteiger partial charge in [0.25, 0.3) is 0 Å². The van der Waals surface area contributed by atoms with Crippen molar-refractivity contribution in [1.82, 2.24) is 0 Å². The van der Waals surface area contributed by atoms with E-state index in [1.807, 2.05) is 0 Å². The summed E-state index contributed by atoms with van der Waals surface area (Å²) >= 11 is 0. The maximum absolute atomic E-state index is 13.4. The van der Waals surface area contributed by atoms with Crippen LogP contribution in [0.3, 0.4) is 0 Å². The first-order chi connectivity index (χ1) is 7.73. The van der Waals surface area contributed by atoms with Crippen molar-refractivity contribution in [3.05, 3.63) is 29.6 Å². The fourth-order valence-corrected chi connectivity index (χ4v) is 1.32. The molecule has 0 spiro atoms. The first-order valence-electron chi connectivity index (χ1n) is 5.01. The van der Waals surface area contributed by atoms with Gasteiger partial charge in [-0.05, 0) is 26.0 Å². The van der Waals surface area contributed by atoms with Crippen molar-refractivity contribution in [2.45, 2.75) is 32.2 Å². The van der Waals surface area contributed by atoms with Crippen LogP contribution in [0, 0.1) is 5.82 Å². The van der Waals surface area contributed by atoms with Crippen molar-refractivity contribution in [3.63, 3.8) is 0 Å². The molecule has 0 bridgehead atoms. The Kier molecular flexibility index (Phi) is 3.98. The van der Waals surface area contributed by atoms with E-state index in [1.54, 1.807) is 0 Å². The van der Waals surface area contributed by atoms with Crippen LogP contribution in [0.5, 0.6) is 5.75 Å². The van der Waals surface area contributed by atoms with Gasteiger partial charge in [0.15, 0.2) is 6.10 Å². The minimum Gasteiger partial charge on any atom is -0.481 e. The van der Waals surface area contributed by atoms with Gasteiger partial charge in [-0.15, -0.1) is 0 Å². The van der Waals surface area contributed by atoms with E-state index >= 15 is 0 Å². The molecule has 0 radical (unpaired) electrons. The maximum atomic E-state index is 13.4. The number of benzene rings is 1. The zero-order chi connectivity index (χ0) is 13.2. The second-order valence-electron chi connectivity index (χ2n) is 3.74.